The van der Waals surface area contributed by atoms with Crippen molar-refractivity contribution in [2.45, 2.75) is 51.0 Å². The molecule has 2 amide bonds. The van der Waals surface area contributed by atoms with Crippen LogP contribution < -0.4 is 0 Å². The molecule has 158 valence electrons. The van der Waals surface area contributed by atoms with E-state index in [0.717, 1.165) is 64.8 Å². The van der Waals surface area contributed by atoms with E-state index in [2.05, 4.69) is 30.1 Å². The predicted octanol–water partition coefficient (Wildman–Crippen LogP) is 2.64. The summed E-state index contributed by atoms with van der Waals surface area (Å²) in [6.45, 7) is 4.56. The van der Waals surface area contributed by atoms with E-state index in [9.17, 15) is 14.7 Å². The fraction of sp³-hybridized carbons (Fsp3) is 0.652. The summed E-state index contributed by atoms with van der Waals surface area (Å²) in [5, 5.41) is 9.17. The fourth-order valence-corrected chi connectivity index (χ4v) is 5.09. The lowest BCUT2D eigenvalue weighted by atomic mass is 9.85. The van der Waals surface area contributed by atoms with E-state index < -0.39 is 5.97 Å². The Morgan fingerprint density at radius 2 is 1.76 bits per heavy atom. The summed E-state index contributed by atoms with van der Waals surface area (Å²) >= 11 is 0. The number of carbonyl (C=O) groups excluding carboxylic acids is 1. The molecule has 1 saturated carbocycles. The lowest BCUT2D eigenvalue weighted by Crippen LogP contribution is -2.42. The first-order valence-corrected chi connectivity index (χ1v) is 11.1. The van der Waals surface area contributed by atoms with Crippen molar-refractivity contribution in [2.24, 2.45) is 5.92 Å². The van der Waals surface area contributed by atoms with E-state index in [1.165, 1.54) is 16.7 Å². The van der Waals surface area contributed by atoms with E-state index in [4.69, 9.17) is 0 Å². The molecule has 2 heterocycles. The van der Waals surface area contributed by atoms with Crippen molar-refractivity contribution in [3.8, 4) is 0 Å². The molecule has 2 aliphatic heterocycles. The molecule has 6 nitrogen and oxygen atoms in total. The number of benzene rings is 1. The highest BCUT2D eigenvalue weighted by molar-refractivity contribution is 5.77. The Balaban J connectivity index is 1.30. The summed E-state index contributed by atoms with van der Waals surface area (Å²) in [6, 6.07) is 7.21. The molecular weight excluding hydrogens is 366 g/mol. The van der Waals surface area contributed by atoms with E-state index in [1.807, 2.05) is 9.80 Å². The van der Waals surface area contributed by atoms with Gasteiger partial charge in [0.05, 0.1) is 5.92 Å². The molecule has 6 heteroatoms. The molecule has 1 aromatic rings. The third-order valence-corrected chi connectivity index (χ3v) is 7.08. The Kier molecular flexibility index (Phi) is 6.09. The molecule has 1 aromatic carbocycles. The number of carboxylic acid groups (broad SMARTS) is 1. The van der Waals surface area contributed by atoms with Gasteiger partial charge in [0.25, 0.3) is 0 Å². The minimum absolute atomic E-state index is 0.139. The number of hydrogen-bond donors (Lipinski definition) is 1. The van der Waals surface area contributed by atoms with Crippen LogP contribution >= 0.6 is 0 Å². The smallest absolute Gasteiger partial charge is 0.320 e. The molecule has 0 atom stereocenters. The van der Waals surface area contributed by atoms with Crippen molar-refractivity contribution in [1.82, 2.24) is 14.7 Å². The summed E-state index contributed by atoms with van der Waals surface area (Å²) in [6.07, 6.45) is 6.13. The molecule has 3 aliphatic rings. The lowest BCUT2D eigenvalue weighted by Gasteiger charge is -2.33. The van der Waals surface area contributed by atoms with Crippen LogP contribution in [-0.2, 0) is 24.1 Å². The van der Waals surface area contributed by atoms with Crippen LogP contribution in [0.25, 0.3) is 0 Å². The van der Waals surface area contributed by atoms with E-state index in [1.54, 1.807) is 0 Å². The van der Waals surface area contributed by atoms with Gasteiger partial charge in [-0.05, 0) is 68.7 Å². The summed E-state index contributed by atoms with van der Waals surface area (Å²) in [7, 11) is 2.19. The fourth-order valence-electron chi connectivity index (χ4n) is 5.09. The monoisotopic (exact) mass is 399 g/mol. The number of carboxylic acids is 1. The molecule has 0 bridgehead atoms. The third kappa shape index (κ3) is 4.58. The van der Waals surface area contributed by atoms with E-state index in [0.29, 0.717) is 12.8 Å². The standard InChI is InChI=1S/C23H33N3O3/c1-24-11-9-18-3-2-17(16-20(18)10-12-24)8-13-25-14-15-26(23(25)29)21-6-4-19(5-7-21)22(27)28/h2-3,16,19,21H,4-15H2,1H3,(H,27,28). The molecule has 1 saturated heterocycles. The van der Waals surface area contributed by atoms with Gasteiger partial charge in [-0.1, -0.05) is 18.2 Å². The maximum absolute atomic E-state index is 12.9. The normalized spacial score (nSPS) is 25.8. The molecule has 0 spiro atoms. The van der Waals surface area contributed by atoms with Gasteiger partial charge in [0.2, 0.25) is 0 Å². The zero-order valence-electron chi connectivity index (χ0n) is 17.5. The van der Waals surface area contributed by atoms with Gasteiger partial charge in [-0.25, -0.2) is 4.79 Å². The summed E-state index contributed by atoms with van der Waals surface area (Å²) in [4.78, 5) is 30.4. The number of carbonyl (C=O) groups is 2. The molecule has 2 fully saturated rings. The van der Waals surface area contributed by atoms with Crippen molar-refractivity contribution in [3.63, 3.8) is 0 Å². The van der Waals surface area contributed by atoms with Crippen molar-refractivity contribution in [3.05, 3.63) is 34.9 Å². The molecule has 0 radical (unpaired) electrons. The zero-order valence-corrected chi connectivity index (χ0v) is 17.5. The van der Waals surface area contributed by atoms with Crippen LogP contribution in [0.5, 0.6) is 0 Å². The van der Waals surface area contributed by atoms with Gasteiger partial charge in [0.15, 0.2) is 0 Å². The van der Waals surface area contributed by atoms with Crippen molar-refractivity contribution in [2.75, 3.05) is 39.8 Å². The largest absolute Gasteiger partial charge is 0.481 e. The SMILES string of the molecule is CN1CCc2ccc(CCN3CCN(C4CCC(C(=O)O)CC4)C3=O)cc2CC1. The average Bonchev–Trinajstić information content (AvgIpc) is 2.99. The average molecular weight is 400 g/mol. The molecule has 0 aromatic heterocycles. The molecule has 0 unspecified atom stereocenters. The van der Waals surface area contributed by atoms with Crippen molar-refractivity contribution >= 4 is 12.0 Å². The van der Waals surface area contributed by atoms with Crippen LogP contribution in [0.2, 0.25) is 0 Å². The lowest BCUT2D eigenvalue weighted by molar-refractivity contribution is -0.143. The highest BCUT2D eigenvalue weighted by atomic mass is 16.4. The third-order valence-electron chi connectivity index (χ3n) is 7.08. The second-order valence-electron chi connectivity index (χ2n) is 8.96. The summed E-state index contributed by atoms with van der Waals surface area (Å²) in [5.41, 5.74) is 4.26. The van der Waals surface area contributed by atoms with Gasteiger partial charge >= 0.3 is 12.0 Å². The van der Waals surface area contributed by atoms with Crippen LogP contribution in [-0.4, -0.2) is 77.6 Å². The molecule has 4 rings (SSSR count). The number of nitrogens with zero attached hydrogens (tertiary/aromatic N) is 3. The Morgan fingerprint density at radius 3 is 2.48 bits per heavy atom. The predicted molar refractivity (Wildman–Crippen MR) is 112 cm³/mol. The minimum atomic E-state index is -0.690. The number of amides is 2. The number of urea groups is 1. The Bertz CT molecular complexity index is 758. The number of hydrogen-bond acceptors (Lipinski definition) is 3. The van der Waals surface area contributed by atoms with Gasteiger partial charge in [-0.3, -0.25) is 4.79 Å². The Hall–Kier alpha value is -2.08. The van der Waals surface area contributed by atoms with Crippen LogP contribution in [0.4, 0.5) is 4.79 Å². The highest BCUT2D eigenvalue weighted by Gasteiger charge is 2.36. The molecular formula is C23H33N3O3. The second-order valence-corrected chi connectivity index (χ2v) is 8.96. The Morgan fingerprint density at radius 1 is 1.03 bits per heavy atom. The minimum Gasteiger partial charge on any atom is -0.481 e. The molecule has 29 heavy (non-hydrogen) atoms. The van der Waals surface area contributed by atoms with Crippen molar-refractivity contribution < 1.29 is 14.7 Å². The summed E-state index contributed by atoms with van der Waals surface area (Å²) in [5.74, 6) is -0.918. The van der Waals surface area contributed by atoms with Gasteiger partial charge in [-0.15, -0.1) is 0 Å². The van der Waals surface area contributed by atoms with Gasteiger partial charge < -0.3 is 19.8 Å². The van der Waals surface area contributed by atoms with Crippen LogP contribution in [0.15, 0.2) is 18.2 Å². The van der Waals surface area contributed by atoms with E-state index >= 15 is 0 Å². The molecule has 1 aliphatic carbocycles. The number of aliphatic carboxylic acids is 1. The quantitative estimate of drug-likeness (QED) is 0.827. The van der Waals surface area contributed by atoms with Crippen LogP contribution in [0.1, 0.15) is 42.4 Å². The zero-order chi connectivity index (χ0) is 20.4. The maximum atomic E-state index is 12.9. The first-order valence-electron chi connectivity index (χ1n) is 11.1. The van der Waals surface area contributed by atoms with Crippen LogP contribution in [0.3, 0.4) is 0 Å². The number of fused-ring (bicyclic) bond motifs is 1. The summed E-state index contributed by atoms with van der Waals surface area (Å²) < 4.78 is 0. The number of likely N-dealkylation sites (N-methyl/N-ethyl adjacent to an activating group) is 1. The number of rotatable bonds is 5. The van der Waals surface area contributed by atoms with Gasteiger partial charge in [0.1, 0.15) is 0 Å². The van der Waals surface area contributed by atoms with E-state index in [-0.39, 0.29) is 18.0 Å². The van der Waals surface area contributed by atoms with Gasteiger partial charge in [0, 0.05) is 38.8 Å². The Labute approximate surface area is 173 Å². The topological polar surface area (TPSA) is 64.1 Å². The van der Waals surface area contributed by atoms with Crippen molar-refractivity contribution in [1.29, 1.82) is 0 Å². The molecule has 1 N–H and O–H groups in total. The van der Waals surface area contributed by atoms with Crippen LogP contribution in [0, 0.1) is 5.92 Å². The second kappa shape index (κ2) is 8.74. The first kappa shape index (κ1) is 20.2. The first-order chi connectivity index (χ1) is 14.0. The maximum Gasteiger partial charge on any atom is 0.320 e. The highest BCUT2D eigenvalue weighted by Crippen LogP contribution is 2.30. The van der Waals surface area contributed by atoms with Gasteiger partial charge in [-0.2, -0.15) is 0 Å².